The molecule has 6 aromatic rings. The molecule has 7 aliphatic heterocycles. The van der Waals surface area contributed by atoms with E-state index in [-0.39, 0.29) is 28.9 Å². The Hall–Kier alpha value is -10.5. The van der Waals surface area contributed by atoms with Gasteiger partial charge in [-0.05, 0) is 122 Å². The second kappa shape index (κ2) is 32.8. The largest absolute Gasteiger partial charge is 0.508 e. The van der Waals surface area contributed by atoms with Gasteiger partial charge in [-0.2, -0.15) is 18.4 Å². The molecule has 0 saturated carbocycles. The van der Waals surface area contributed by atoms with Crippen LogP contribution in [0.2, 0.25) is 10.0 Å². The van der Waals surface area contributed by atoms with Gasteiger partial charge < -0.3 is 123 Å². The highest BCUT2D eigenvalue weighted by atomic mass is 35.5. The summed E-state index contributed by atoms with van der Waals surface area (Å²) in [6, 6.07) is 4.74. The molecule has 2 saturated heterocycles. The fraction of sp³-hybridized carbons (Fsp3) is 0.375. The number of aliphatic hydroxyl groups excluding tert-OH is 6. The second-order valence-electron chi connectivity index (χ2n) is 27.8. The van der Waals surface area contributed by atoms with Gasteiger partial charge >= 0.3 is 5.97 Å². The van der Waals surface area contributed by atoms with Gasteiger partial charge in [-0.25, -0.2) is 4.79 Å². The molecule has 0 radical (unpaired) electrons. The average Bonchev–Trinajstić information content (AvgIpc) is 0.768. The van der Waals surface area contributed by atoms with Crippen LogP contribution in [0.4, 0.5) is 0 Å². The van der Waals surface area contributed by atoms with Crippen LogP contribution in [0.1, 0.15) is 111 Å². The van der Waals surface area contributed by atoms with Gasteiger partial charge in [-0.15, -0.1) is 0 Å². The number of hydrogen-bond donors (Lipinski definition) is 19. The van der Waals surface area contributed by atoms with Crippen LogP contribution in [0.5, 0.6) is 46.0 Å². The van der Waals surface area contributed by atoms with Crippen molar-refractivity contribution in [2.24, 2.45) is 22.5 Å². The molecule has 11 bridgehead atoms. The molecular formula is C72H78Cl2N10O26S. The third-order valence-corrected chi connectivity index (χ3v) is 20.7. The number of carboxylic acids is 1. The number of amides is 7. The quantitative estimate of drug-likeness (QED) is 0.0507. The van der Waals surface area contributed by atoms with Crippen LogP contribution in [0, 0.1) is 12.8 Å². The molecule has 111 heavy (non-hydrogen) atoms. The lowest BCUT2D eigenvalue weighted by Gasteiger charge is -2.47. The molecule has 0 spiro atoms. The van der Waals surface area contributed by atoms with E-state index in [1.54, 1.807) is 20.8 Å². The third kappa shape index (κ3) is 17.6. The van der Waals surface area contributed by atoms with Crippen LogP contribution in [0.3, 0.4) is 0 Å². The van der Waals surface area contributed by atoms with Crippen molar-refractivity contribution in [1.82, 2.24) is 36.7 Å². The van der Waals surface area contributed by atoms with Crippen LogP contribution < -0.4 is 62.4 Å². The van der Waals surface area contributed by atoms with Gasteiger partial charge in [-0.1, -0.05) is 72.9 Å². The Balaban J connectivity index is 1.14. The van der Waals surface area contributed by atoms with Crippen molar-refractivity contribution in [3.63, 3.8) is 0 Å². The lowest BCUT2D eigenvalue weighted by atomic mass is 9.86. The minimum Gasteiger partial charge on any atom is -0.508 e. The molecule has 2 fully saturated rings. The van der Waals surface area contributed by atoms with Gasteiger partial charge in [0.15, 0.2) is 29.9 Å². The molecule has 39 heteroatoms. The van der Waals surface area contributed by atoms with Crippen molar-refractivity contribution < 1.29 is 126 Å². The van der Waals surface area contributed by atoms with E-state index in [4.69, 9.17) is 63.1 Å². The fourth-order valence-corrected chi connectivity index (χ4v) is 14.4. The van der Waals surface area contributed by atoms with E-state index < -0.39 is 269 Å². The highest BCUT2D eigenvalue weighted by Crippen LogP contribution is 2.50. The molecular weight excluding hydrogens is 1520 g/mol. The van der Waals surface area contributed by atoms with Gasteiger partial charge in [0.25, 0.3) is 15.9 Å². The number of phenols is 3. The van der Waals surface area contributed by atoms with Gasteiger partial charge in [0.05, 0.1) is 40.2 Å². The van der Waals surface area contributed by atoms with Gasteiger partial charge in [0.1, 0.15) is 95.2 Å². The molecule has 0 aliphatic carbocycles. The van der Waals surface area contributed by atoms with E-state index >= 15 is 19.2 Å². The number of halogens is 2. The van der Waals surface area contributed by atoms with Crippen molar-refractivity contribution in [1.29, 1.82) is 0 Å². The van der Waals surface area contributed by atoms with Crippen molar-refractivity contribution in [3.05, 3.63) is 147 Å². The summed E-state index contributed by atoms with van der Waals surface area (Å²) < 4.78 is 65.4. The summed E-state index contributed by atoms with van der Waals surface area (Å²) in [6.07, 6.45) is -19.7. The van der Waals surface area contributed by atoms with E-state index in [9.17, 15) is 78.7 Å². The third-order valence-electron chi connectivity index (χ3n) is 18.9. The topological polar surface area (TPSA) is 577 Å². The Morgan fingerprint density at radius 1 is 0.712 bits per heavy atom. The number of hydrazone groups is 1. The molecule has 7 heterocycles. The van der Waals surface area contributed by atoms with Gasteiger partial charge in [0.2, 0.25) is 47.5 Å². The number of aryl methyl sites for hydroxylation is 1. The molecule has 21 N–H and O–H groups in total. The number of ether oxygens (including phenoxy) is 6. The first-order chi connectivity index (χ1) is 52.3. The smallest absolute Gasteiger partial charge is 0.330 e. The van der Waals surface area contributed by atoms with Crippen LogP contribution in [-0.2, 0) is 62.6 Å². The second-order valence-corrected chi connectivity index (χ2v) is 30.2. The predicted octanol–water partition coefficient (Wildman–Crippen LogP) is 1.16. The van der Waals surface area contributed by atoms with Crippen molar-refractivity contribution >= 4 is 86.3 Å². The summed E-state index contributed by atoms with van der Waals surface area (Å²) in [5.41, 5.74) is 7.83. The number of benzene rings is 6. The number of phenolic OH excluding ortho intramolecular Hbond substituents is 3. The Morgan fingerprint density at radius 2 is 1.32 bits per heavy atom. The number of nitrogens with one attached hydrogen (secondary N) is 7. The number of fused-ring (bicyclic) bond motifs is 15. The van der Waals surface area contributed by atoms with E-state index in [0.29, 0.717) is 5.56 Å². The summed E-state index contributed by atoms with van der Waals surface area (Å²) >= 11 is 14.2. The first-order valence-corrected chi connectivity index (χ1v) is 36.5. The fourth-order valence-electron chi connectivity index (χ4n) is 13.1. The number of rotatable bonds is 15. The summed E-state index contributed by atoms with van der Waals surface area (Å²) in [5.74, 6) is -17.7. The standard InChI is InChI=1S/C72H78Cl2N10O26S/c1-27(2)16-41(83-84-111(103,104)35-11-6-28(3)7-12-35)65(96)81-55-57(90)31-9-14-44(38(73)18-31)106-46-20-33-21-47(61(46)110-71-62(60(93)59(92)48(26-85)108-71)109-50-25-72(5,76)63(94)29(4)105-50)107-45-15-10-32(19-39(45)74)58(91)56-69(100)80-54(70(101)102)37-22-34(86)23-43(88)51(37)36-17-30(8-13-42(36)87)52(66(97)82-56)79-67(98)53(33)78-64(95)40(24-49(75)89)77-68(55)99/h6-15,17-23,27,29,40,48,50,52-60,62-63,71,84-88,90-94H,16,24-26,76H2,1-5H3,(H2,75,89)(H,77,99)(H,78,95)(H,79,98)(H,80,100)(H,81,96)(H,82,97)(H,101,102)/b83-41-/t29-,40-,48+,50-,52+,53+,54-,55+,56-,57+,58+,59+,60-,62+,63+,71-,72-/m0/s1. The average molecular weight is 1600 g/mol. The number of nitrogens with zero attached hydrogens (tertiary/aromatic N) is 1. The Kier molecular flexibility index (Phi) is 24.1. The molecule has 6 aromatic carbocycles. The number of hydrogen-bond acceptors (Lipinski definition) is 27. The highest BCUT2D eigenvalue weighted by molar-refractivity contribution is 7.89. The summed E-state index contributed by atoms with van der Waals surface area (Å²) in [7, 11) is -4.48. The lowest BCUT2D eigenvalue weighted by Crippen LogP contribution is -2.64. The zero-order valence-corrected chi connectivity index (χ0v) is 61.6. The Bertz CT molecular complexity index is 4830. The minimum atomic E-state index is -4.48. The van der Waals surface area contributed by atoms with E-state index in [1.165, 1.54) is 38.1 Å². The summed E-state index contributed by atoms with van der Waals surface area (Å²) in [6.45, 7) is 6.94. The number of nitrogens with two attached hydrogens (primary N) is 2. The highest BCUT2D eigenvalue weighted by Gasteiger charge is 2.52. The van der Waals surface area contributed by atoms with E-state index in [2.05, 4.69) is 37.0 Å². The molecule has 13 rings (SSSR count). The zero-order chi connectivity index (χ0) is 80.7. The molecule has 0 aromatic heterocycles. The van der Waals surface area contributed by atoms with Crippen molar-refractivity contribution in [2.45, 2.75) is 162 Å². The Labute approximate surface area is 641 Å². The first-order valence-electron chi connectivity index (χ1n) is 34.2. The predicted molar refractivity (Wildman–Crippen MR) is 385 cm³/mol. The summed E-state index contributed by atoms with van der Waals surface area (Å²) in [5, 5.41) is 132. The molecule has 36 nitrogen and oxygen atoms in total. The number of sulfonamides is 1. The molecule has 0 unspecified atom stereocenters. The monoisotopic (exact) mass is 1600 g/mol. The number of aromatic hydroxyl groups is 3. The number of aliphatic carboxylic acids is 1. The maximum Gasteiger partial charge on any atom is 0.330 e. The van der Waals surface area contributed by atoms with Crippen LogP contribution in [0.25, 0.3) is 11.1 Å². The zero-order valence-electron chi connectivity index (χ0n) is 59.2. The number of primary amides is 1. The van der Waals surface area contributed by atoms with E-state index in [1.807, 2.05) is 4.83 Å². The molecule has 7 amide bonds. The SMILES string of the molecule is Cc1ccc(S(=O)(=O)N/N=C(/CC(C)C)C(=O)N[C@H]2C(=O)N[C@@H](CC(N)=O)C(=O)N[C@H]3C(=O)N[C@H]4C(=O)N[C@H](C(=O)N[C@H](C(=O)O)c5cc(O)cc(O)c5-c5cc4ccc5O)[C@H](O)c4ccc(c(Cl)c4)Oc4cc3cc(c4O[C@@H]3O[C@H](CO)[C@@H](O)[C@H](O)[C@H]3O[C@H]3C[C@](C)(N)[C@H](O)[C@H](C)O3)Oc3ccc(cc3Cl)[C@H]2O)cc1. The van der Waals surface area contributed by atoms with Gasteiger partial charge in [-0.3, -0.25) is 33.6 Å². The normalized spacial score (nSPS) is 27.8. The number of carbonyl (C=O) groups is 8. The van der Waals surface area contributed by atoms with Crippen LogP contribution in [0.15, 0.2) is 113 Å². The summed E-state index contributed by atoms with van der Waals surface area (Å²) in [4.78, 5) is 120. The molecule has 592 valence electrons. The van der Waals surface area contributed by atoms with Crippen molar-refractivity contribution in [3.8, 4) is 57.1 Å². The maximum atomic E-state index is 16.2. The Morgan fingerprint density at radius 3 is 1.91 bits per heavy atom. The molecule has 17 atom stereocenters. The number of carboxylic acid groups (broad SMARTS) is 1. The van der Waals surface area contributed by atoms with E-state index in [0.717, 1.165) is 78.9 Å². The van der Waals surface area contributed by atoms with Crippen LogP contribution in [-0.4, -0.2) is 192 Å². The maximum absolute atomic E-state index is 16.2. The first kappa shape index (κ1) is 81.5. The number of aliphatic hydroxyl groups is 6. The van der Waals surface area contributed by atoms with Crippen LogP contribution >= 0.6 is 23.2 Å². The van der Waals surface area contributed by atoms with Gasteiger partial charge in [0, 0.05) is 34.7 Å². The minimum absolute atomic E-state index is 0.254. The lowest BCUT2D eigenvalue weighted by molar-refractivity contribution is -0.333. The molecule has 7 aliphatic rings. The number of carbonyl (C=O) groups excluding carboxylic acids is 7. The van der Waals surface area contributed by atoms with Crippen molar-refractivity contribution in [2.75, 3.05) is 6.61 Å².